The van der Waals surface area contributed by atoms with Crippen molar-refractivity contribution in [3.05, 3.63) is 70.7 Å². The molecule has 0 spiro atoms. The molecule has 118 valence electrons. The predicted molar refractivity (Wildman–Crippen MR) is 98.2 cm³/mol. The molecule has 4 rings (SSSR count). The van der Waals surface area contributed by atoms with E-state index in [1.54, 1.807) is 6.07 Å². The van der Waals surface area contributed by atoms with E-state index >= 15 is 0 Å². The molecule has 4 aromatic rings. The van der Waals surface area contributed by atoms with E-state index in [1.807, 2.05) is 54.6 Å². The fourth-order valence-corrected chi connectivity index (χ4v) is 3.30. The average Bonchev–Trinajstić information content (AvgIpc) is 2.98. The fraction of sp³-hybridized carbons (Fsp3) is 0.0500. The zero-order valence-corrected chi connectivity index (χ0v) is 14.5. The van der Waals surface area contributed by atoms with Gasteiger partial charge in [-0.15, -0.1) is 0 Å². The van der Waals surface area contributed by atoms with Gasteiger partial charge in [-0.3, -0.25) is 0 Å². The lowest BCUT2D eigenvalue weighted by atomic mass is 9.98. The number of fused-ring (bicyclic) bond motifs is 3. The van der Waals surface area contributed by atoms with Gasteiger partial charge in [0, 0.05) is 15.2 Å². The number of methoxy groups -OCH3 is 1. The lowest BCUT2D eigenvalue weighted by Crippen LogP contribution is -2.03. The first-order valence-electron chi connectivity index (χ1n) is 7.47. The molecule has 3 nitrogen and oxygen atoms in total. The molecule has 1 aromatic heterocycles. The quantitative estimate of drug-likeness (QED) is 0.412. The number of ether oxygens (including phenoxy) is 1. The third-order valence-corrected chi connectivity index (χ3v) is 4.57. The Balaban J connectivity index is 1.94. The summed E-state index contributed by atoms with van der Waals surface area (Å²) in [6, 6.07) is 19.5. The molecule has 0 N–H and O–H groups in total. The van der Waals surface area contributed by atoms with E-state index in [1.165, 1.54) is 7.11 Å². The van der Waals surface area contributed by atoms with Crippen LogP contribution in [0.5, 0.6) is 0 Å². The number of hydrogen-bond donors (Lipinski definition) is 0. The topological polar surface area (TPSA) is 39.4 Å². The molecule has 3 aromatic carbocycles. The maximum Gasteiger partial charge on any atom is 0.338 e. The highest BCUT2D eigenvalue weighted by Gasteiger charge is 2.15. The lowest BCUT2D eigenvalue weighted by molar-refractivity contribution is 0.0601. The summed E-state index contributed by atoms with van der Waals surface area (Å²) in [7, 11) is 1.38. The van der Waals surface area contributed by atoms with Gasteiger partial charge in [0.05, 0.1) is 12.7 Å². The number of furan rings is 1. The lowest BCUT2D eigenvalue weighted by Gasteiger charge is -2.09. The summed E-state index contributed by atoms with van der Waals surface area (Å²) in [6.07, 6.45) is 0. The molecule has 1 heterocycles. The van der Waals surface area contributed by atoms with E-state index in [-0.39, 0.29) is 5.97 Å². The minimum Gasteiger partial charge on any atom is -0.465 e. The van der Waals surface area contributed by atoms with Gasteiger partial charge < -0.3 is 9.15 Å². The molecule has 0 aliphatic rings. The maximum absolute atomic E-state index is 12.1. The minimum atomic E-state index is -0.365. The maximum atomic E-state index is 12.1. The van der Waals surface area contributed by atoms with Crippen LogP contribution in [0.15, 0.2) is 69.6 Å². The highest BCUT2D eigenvalue weighted by atomic mass is 79.9. The Bertz CT molecular complexity index is 1080. The standard InChI is InChI=1S/C20H13BrO3/c1-23-20(22)17-11-13(21)7-9-14(17)12-6-8-16-15-4-2-3-5-18(15)24-19(16)10-12/h2-11H,1H3. The number of esters is 1. The molecule has 0 atom stereocenters. The van der Waals surface area contributed by atoms with Gasteiger partial charge in [0.25, 0.3) is 0 Å². The third-order valence-electron chi connectivity index (χ3n) is 4.08. The molecule has 0 saturated carbocycles. The van der Waals surface area contributed by atoms with Crippen molar-refractivity contribution in [2.45, 2.75) is 0 Å². The van der Waals surface area contributed by atoms with Crippen LogP contribution < -0.4 is 0 Å². The Morgan fingerprint density at radius 1 is 0.958 bits per heavy atom. The second-order valence-electron chi connectivity index (χ2n) is 5.49. The zero-order valence-electron chi connectivity index (χ0n) is 12.9. The molecule has 0 unspecified atom stereocenters. The van der Waals surface area contributed by atoms with Crippen LogP contribution in [-0.4, -0.2) is 13.1 Å². The van der Waals surface area contributed by atoms with Crippen LogP contribution in [0, 0.1) is 0 Å². The van der Waals surface area contributed by atoms with E-state index in [0.29, 0.717) is 5.56 Å². The van der Waals surface area contributed by atoms with Gasteiger partial charge in [-0.2, -0.15) is 0 Å². The number of hydrogen-bond acceptors (Lipinski definition) is 3. The van der Waals surface area contributed by atoms with Crippen LogP contribution in [-0.2, 0) is 4.74 Å². The molecule has 0 amide bonds. The number of halogens is 1. The fourth-order valence-electron chi connectivity index (χ4n) is 2.94. The average molecular weight is 381 g/mol. The van der Waals surface area contributed by atoms with E-state index in [9.17, 15) is 4.79 Å². The third kappa shape index (κ3) is 2.39. The Hall–Kier alpha value is -2.59. The summed E-state index contributed by atoms with van der Waals surface area (Å²) < 4.78 is 11.7. The van der Waals surface area contributed by atoms with Crippen LogP contribution in [0.2, 0.25) is 0 Å². The van der Waals surface area contributed by atoms with Gasteiger partial charge in [-0.05, 0) is 41.5 Å². The smallest absolute Gasteiger partial charge is 0.338 e. The Labute approximate surface area is 147 Å². The molecular weight excluding hydrogens is 368 g/mol. The molecular formula is C20H13BrO3. The van der Waals surface area contributed by atoms with E-state index in [0.717, 1.165) is 37.5 Å². The number of para-hydroxylation sites is 1. The van der Waals surface area contributed by atoms with Crippen molar-refractivity contribution in [1.29, 1.82) is 0 Å². The van der Waals surface area contributed by atoms with Gasteiger partial charge in [0.15, 0.2) is 0 Å². The van der Waals surface area contributed by atoms with Gasteiger partial charge >= 0.3 is 5.97 Å². The largest absolute Gasteiger partial charge is 0.465 e. The normalized spacial score (nSPS) is 11.1. The Kier molecular flexibility index (Phi) is 3.62. The van der Waals surface area contributed by atoms with Gasteiger partial charge in [0.2, 0.25) is 0 Å². The molecule has 0 aliphatic carbocycles. The first-order chi connectivity index (χ1) is 11.7. The van der Waals surface area contributed by atoms with Crippen molar-refractivity contribution in [1.82, 2.24) is 0 Å². The summed E-state index contributed by atoms with van der Waals surface area (Å²) in [5, 5.41) is 2.15. The molecule has 0 fully saturated rings. The Morgan fingerprint density at radius 2 is 1.75 bits per heavy atom. The molecule has 4 heteroatoms. The summed E-state index contributed by atoms with van der Waals surface area (Å²) in [4.78, 5) is 12.1. The first-order valence-corrected chi connectivity index (χ1v) is 8.26. The zero-order chi connectivity index (χ0) is 16.7. The van der Waals surface area contributed by atoms with Crippen LogP contribution >= 0.6 is 15.9 Å². The summed E-state index contributed by atoms with van der Waals surface area (Å²) >= 11 is 3.40. The van der Waals surface area contributed by atoms with Crippen molar-refractivity contribution in [3.8, 4) is 11.1 Å². The van der Waals surface area contributed by atoms with Crippen LogP contribution in [0.3, 0.4) is 0 Å². The monoisotopic (exact) mass is 380 g/mol. The van der Waals surface area contributed by atoms with Gasteiger partial charge in [-0.25, -0.2) is 4.79 Å². The van der Waals surface area contributed by atoms with Crippen molar-refractivity contribution < 1.29 is 13.9 Å². The van der Waals surface area contributed by atoms with Crippen LogP contribution in [0.25, 0.3) is 33.1 Å². The number of benzene rings is 3. The summed E-state index contributed by atoms with van der Waals surface area (Å²) in [5.74, 6) is -0.365. The van der Waals surface area contributed by atoms with Crippen LogP contribution in [0.1, 0.15) is 10.4 Å². The number of carbonyl (C=O) groups excluding carboxylic acids is 1. The van der Waals surface area contributed by atoms with Gasteiger partial charge in [-0.1, -0.05) is 46.3 Å². The van der Waals surface area contributed by atoms with E-state index in [2.05, 4.69) is 15.9 Å². The SMILES string of the molecule is COC(=O)c1cc(Br)ccc1-c1ccc2c(c1)oc1ccccc12. The second kappa shape index (κ2) is 5.80. The second-order valence-corrected chi connectivity index (χ2v) is 6.41. The Morgan fingerprint density at radius 3 is 2.58 bits per heavy atom. The van der Waals surface area contributed by atoms with Crippen molar-refractivity contribution in [3.63, 3.8) is 0 Å². The molecule has 24 heavy (non-hydrogen) atoms. The first kappa shape index (κ1) is 15.0. The molecule has 0 aliphatic heterocycles. The summed E-state index contributed by atoms with van der Waals surface area (Å²) in [6.45, 7) is 0. The van der Waals surface area contributed by atoms with Crippen molar-refractivity contribution in [2.75, 3.05) is 7.11 Å². The molecule has 0 bridgehead atoms. The van der Waals surface area contributed by atoms with Crippen molar-refractivity contribution >= 4 is 43.8 Å². The highest BCUT2D eigenvalue weighted by Crippen LogP contribution is 2.34. The predicted octanol–water partition coefficient (Wildman–Crippen LogP) is 5.80. The molecule has 0 saturated heterocycles. The van der Waals surface area contributed by atoms with Crippen molar-refractivity contribution in [2.24, 2.45) is 0 Å². The van der Waals surface area contributed by atoms with E-state index in [4.69, 9.17) is 9.15 Å². The van der Waals surface area contributed by atoms with E-state index < -0.39 is 0 Å². The highest BCUT2D eigenvalue weighted by molar-refractivity contribution is 9.10. The molecule has 0 radical (unpaired) electrons. The minimum absolute atomic E-state index is 0.365. The number of carbonyl (C=O) groups is 1. The van der Waals surface area contributed by atoms with Crippen LogP contribution in [0.4, 0.5) is 0 Å². The summed E-state index contributed by atoms with van der Waals surface area (Å²) in [5.41, 5.74) is 3.89. The van der Waals surface area contributed by atoms with Gasteiger partial charge in [0.1, 0.15) is 11.2 Å². The number of rotatable bonds is 2.